The summed E-state index contributed by atoms with van der Waals surface area (Å²) in [6, 6.07) is 4.77. The first-order valence-corrected chi connectivity index (χ1v) is 9.58. The topological polar surface area (TPSA) is 81.4 Å². The fraction of sp³-hybridized carbons (Fsp3) is 0.571. The van der Waals surface area contributed by atoms with Crippen molar-refractivity contribution in [1.29, 1.82) is 0 Å². The molecule has 0 aromatic heterocycles. The number of hydrogen-bond donors (Lipinski definition) is 2. The molecule has 1 aliphatic heterocycles. The van der Waals surface area contributed by atoms with Gasteiger partial charge in [-0.05, 0) is 36.8 Å². The van der Waals surface area contributed by atoms with Gasteiger partial charge in [0.1, 0.15) is 5.75 Å². The standard InChI is InChI=1S/C14H22N2O3S2/c1-19-14-6-5-13(8-11(14)9-15)21(17,18)16-10-12-4-2-3-7-20-12/h5-6,8,12,16H,2-4,7,9-10,15H2,1H3. The van der Waals surface area contributed by atoms with Crippen molar-refractivity contribution in [1.82, 2.24) is 4.72 Å². The Balaban J connectivity index is 2.07. The van der Waals surface area contributed by atoms with Gasteiger partial charge in [-0.2, -0.15) is 11.8 Å². The summed E-state index contributed by atoms with van der Waals surface area (Å²) in [6.07, 6.45) is 3.48. The van der Waals surface area contributed by atoms with E-state index in [1.165, 1.54) is 12.8 Å². The molecule has 1 unspecified atom stereocenters. The zero-order valence-corrected chi connectivity index (χ0v) is 13.8. The van der Waals surface area contributed by atoms with E-state index >= 15 is 0 Å². The van der Waals surface area contributed by atoms with Crippen LogP contribution in [0.2, 0.25) is 0 Å². The predicted molar refractivity (Wildman–Crippen MR) is 86.2 cm³/mol. The molecular formula is C14H22N2O3S2. The summed E-state index contributed by atoms with van der Waals surface area (Å²) in [7, 11) is -1.95. The number of methoxy groups -OCH3 is 1. The van der Waals surface area contributed by atoms with Gasteiger partial charge in [0, 0.05) is 23.9 Å². The van der Waals surface area contributed by atoms with Gasteiger partial charge in [-0.3, -0.25) is 0 Å². The maximum atomic E-state index is 12.3. The fourth-order valence-corrected chi connectivity index (χ4v) is 4.81. The first kappa shape index (κ1) is 16.6. The van der Waals surface area contributed by atoms with Crippen LogP contribution in [0.25, 0.3) is 0 Å². The number of rotatable bonds is 6. The monoisotopic (exact) mass is 330 g/mol. The van der Waals surface area contributed by atoms with Gasteiger partial charge in [0.05, 0.1) is 12.0 Å². The second kappa shape index (κ2) is 7.49. The third kappa shape index (κ3) is 4.35. The summed E-state index contributed by atoms with van der Waals surface area (Å²) < 4.78 is 32.5. The van der Waals surface area contributed by atoms with Crippen molar-refractivity contribution in [2.75, 3.05) is 19.4 Å². The van der Waals surface area contributed by atoms with E-state index in [9.17, 15) is 8.42 Å². The van der Waals surface area contributed by atoms with Gasteiger partial charge in [-0.1, -0.05) is 6.42 Å². The van der Waals surface area contributed by atoms with E-state index in [4.69, 9.17) is 10.5 Å². The van der Waals surface area contributed by atoms with Gasteiger partial charge in [-0.25, -0.2) is 13.1 Å². The quantitative estimate of drug-likeness (QED) is 0.830. The Morgan fingerprint density at radius 1 is 1.43 bits per heavy atom. The van der Waals surface area contributed by atoms with Crippen molar-refractivity contribution in [2.45, 2.75) is 36.0 Å². The van der Waals surface area contributed by atoms with E-state index in [-0.39, 0.29) is 11.4 Å². The minimum absolute atomic E-state index is 0.240. The molecule has 118 valence electrons. The second-order valence-corrected chi connectivity index (χ2v) is 8.19. The SMILES string of the molecule is COc1ccc(S(=O)(=O)NCC2CCCCS2)cc1CN. The Bertz CT molecular complexity index is 570. The normalized spacial score (nSPS) is 19.4. The van der Waals surface area contributed by atoms with Crippen LogP contribution in [0.4, 0.5) is 0 Å². The third-order valence-corrected chi connectivity index (χ3v) is 6.38. The molecule has 0 bridgehead atoms. The molecule has 0 spiro atoms. The molecule has 0 aliphatic carbocycles. The average Bonchev–Trinajstić information content (AvgIpc) is 2.53. The lowest BCUT2D eigenvalue weighted by Crippen LogP contribution is -2.32. The van der Waals surface area contributed by atoms with Gasteiger partial charge >= 0.3 is 0 Å². The molecule has 1 aromatic rings. The lowest BCUT2D eigenvalue weighted by atomic mass is 10.2. The van der Waals surface area contributed by atoms with E-state index in [0.29, 0.717) is 23.1 Å². The van der Waals surface area contributed by atoms with E-state index < -0.39 is 10.0 Å². The van der Waals surface area contributed by atoms with E-state index in [2.05, 4.69) is 4.72 Å². The van der Waals surface area contributed by atoms with E-state index in [1.807, 2.05) is 11.8 Å². The van der Waals surface area contributed by atoms with Crippen molar-refractivity contribution in [2.24, 2.45) is 5.73 Å². The molecule has 7 heteroatoms. The van der Waals surface area contributed by atoms with Crippen LogP contribution in [0.5, 0.6) is 5.75 Å². The van der Waals surface area contributed by atoms with E-state index in [1.54, 1.807) is 25.3 Å². The molecule has 1 saturated heterocycles. The van der Waals surface area contributed by atoms with Crippen molar-refractivity contribution < 1.29 is 13.2 Å². The Morgan fingerprint density at radius 3 is 2.86 bits per heavy atom. The highest BCUT2D eigenvalue weighted by Gasteiger charge is 2.20. The van der Waals surface area contributed by atoms with Crippen LogP contribution >= 0.6 is 11.8 Å². The van der Waals surface area contributed by atoms with Gasteiger partial charge in [-0.15, -0.1) is 0 Å². The summed E-state index contributed by atoms with van der Waals surface area (Å²) in [5, 5.41) is 0.376. The van der Waals surface area contributed by atoms with Crippen molar-refractivity contribution in [3.63, 3.8) is 0 Å². The Morgan fingerprint density at radius 2 is 2.24 bits per heavy atom. The molecule has 2 rings (SSSR count). The second-order valence-electron chi connectivity index (χ2n) is 5.02. The zero-order valence-electron chi connectivity index (χ0n) is 12.2. The van der Waals surface area contributed by atoms with Gasteiger partial charge in [0.15, 0.2) is 0 Å². The molecule has 5 nitrogen and oxygen atoms in total. The van der Waals surface area contributed by atoms with Gasteiger partial charge < -0.3 is 10.5 Å². The van der Waals surface area contributed by atoms with Crippen LogP contribution in [-0.2, 0) is 16.6 Å². The van der Waals surface area contributed by atoms with Crippen LogP contribution in [0, 0.1) is 0 Å². The van der Waals surface area contributed by atoms with Crippen LogP contribution in [0.1, 0.15) is 24.8 Å². The Labute approximate surface area is 130 Å². The highest BCUT2D eigenvalue weighted by Crippen LogP contribution is 2.25. The van der Waals surface area contributed by atoms with Gasteiger partial charge in [0.25, 0.3) is 0 Å². The lowest BCUT2D eigenvalue weighted by Gasteiger charge is -2.21. The summed E-state index contributed by atoms with van der Waals surface area (Å²) in [5.41, 5.74) is 6.32. The lowest BCUT2D eigenvalue weighted by molar-refractivity contribution is 0.409. The highest BCUT2D eigenvalue weighted by atomic mass is 32.2. The summed E-state index contributed by atoms with van der Waals surface area (Å²) in [5.74, 6) is 1.73. The molecule has 1 aromatic carbocycles. The number of nitrogens with one attached hydrogen (secondary N) is 1. The molecule has 0 saturated carbocycles. The van der Waals surface area contributed by atoms with Crippen LogP contribution in [0.3, 0.4) is 0 Å². The maximum absolute atomic E-state index is 12.3. The van der Waals surface area contributed by atoms with Crippen molar-refractivity contribution >= 4 is 21.8 Å². The number of nitrogens with two attached hydrogens (primary N) is 1. The third-order valence-electron chi connectivity index (χ3n) is 3.56. The average molecular weight is 330 g/mol. The predicted octanol–water partition coefficient (Wildman–Crippen LogP) is 1.72. The molecule has 1 aliphatic rings. The molecule has 21 heavy (non-hydrogen) atoms. The first-order valence-electron chi connectivity index (χ1n) is 7.05. The molecule has 1 atom stereocenters. The summed E-state index contributed by atoms with van der Waals surface area (Å²) >= 11 is 1.85. The molecule has 1 heterocycles. The Kier molecular flexibility index (Phi) is 5.92. The number of thioether (sulfide) groups is 1. The minimum atomic E-state index is -3.49. The Hall–Kier alpha value is -0.760. The number of benzene rings is 1. The smallest absolute Gasteiger partial charge is 0.240 e. The van der Waals surface area contributed by atoms with Crippen molar-refractivity contribution in [3.8, 4) is 5.75 Å². The minimum Gasteiger partial charge on any atom is -0.496 e. The van der Waals surface area contributed by atoms with Crippen LogP contribution < -0.4 is 15.2 Å². The molecule has 0 amide bonds. The number of sulfonamides is 1. The van der Waals surface area contributed by atoms with Crippen LogP contribution in [-0.4, -0.2) is 33.1 Å². The van der Waals surface area contributed by atoms with E-state index in [0.717, 1.165) is 12.2 Å². The molecular weight excluding hydrogens is 308 g/mol. The summed E-state index contributed by atoms with van der Waals surface area (Å²) in [6.45, 7) is 0.724. The number of hydrogen-bond acceptors (Lipinski definition) is 5. The van der Waals surface area contributed by atoms with Crippen LogP contribution in [0.15, 0.2) is 23.1 Å². The fourth-order valence-electron chi connectivity index (χ4n) is 2.34. The first-order chi connectivity index (χ1) is 10.1. The zero-order chi connectivity index (χ0) is 15.3. The van der Waals surface area contributed by atoms with Crippen molar-refractivity contribution in [3.05, 3.63) is 23.8 Å². The molecule has 1 fully saturated rings. The maximum Gasteiger partial charge on any atom is 0.240 e. The largest absolute Gasteiger partial charge is 0.496 e. The summed E-state index contributed by atoms with van der Waals surface area (Å²) in [4.78, 5) is 0.240. The molecule has 3 N–H and O–H groups in total. The molecule has 0 radical (unpaired) electrons. The van der Waals surface area contributed by atoms with Gasteiger partial charge in [0.2, 0.25) is 10.0 Å². The number of ether oxygens (including phenoxy) is 1. The highest BCUT2D eigenvalue weighted by molar-refractivity contribution is 8.00.